The molecule has 0 saturated heterocycles. The van der Waals surface area contributed by atoms with Gasteiger partial charge in [-0.3, -0.25) is 14.9 Å². The van der Waals surface area contributed by atoms with E-state index in [9.17, 15) is 19.5 Å². The molecule has 0 radical (unpaired) electrons. The molecule has 4 aromatic rings. The Morgan fingerprint density at radius 1 is 0.907 bits per heavy atom. The number of phenols is 1. The molecule has 0 fully saturated rings. The summed E-state index contributed by atoms with van der Waals surface area (Å²) in [5.41, 5.74) is 7.44. The van der Waals surface area contributed by atoms with Crippen LogP contribution in [-0.2, 0) is 9.53 Å². The first-order valence-electron chi connectivity index (χ1n) is 13.4. The number of anilines is 2. The van der Waals surface area contributed by atoms with E-state index in [4.69, 9.17) is 15.2 Å². The van der Waals surface area contributed by atoms with E-state index < -0.39 is 24.2 Å². The van der Waals surface area contributed by atoms with E-state index >= 15 is 0 Å². The number of rotatable bonds is 11. The third-order valence-electron chi connectivity index (χ3n) is 6.26. The zero-order valence-electron chi connectivity index (χ0n) is 23.0. The van der Waals surface area contributed by atoms with Gasteiger partial charge in [-0.1, -0.05) is 54.6 Å². The summed E-state index contributed by atoms with van der Waals surface area (Å²) in [7, 11) is 0. The molecule has 0 aliphatic rings. The average Bonchev–Trinajstić information content (AvgIpc) is 3.01. The molecule has 0 spiro atoms. The van der Waals surface area contributed by atoms with Gasteiger partial charge in [0.1, 0.15) is 17.6 Å². The molecule has 10 heteroatoms. The molecule has 4 aromatic carbocycles. The van der Waals surface area contributed by atoms with Crippen LogP contribution >= 0.6 is 22.6 Å². The number of nitrogens with one attached hydrogen (secondary N) is 2. The molecule has 220 valence electrons. The first-order valence-corrected chi connectivity index (χ1v) is 14.5. The molecule has 2 atom stereocenters. The fourth-order valence-electron chi connectivity index (χ4n) is 4.17. The van der Waals surface area contributed by atoms with Crippen molar-refractivity contribution in [3.63, 3.8) is 0 Å². The number of aromatic hydroxyl groups is 1. The number of para-hydroxylation sites is 3. The maximum Gasteiger partial charge on any atom is 0.414 e. The van der Waals surface area contributed by atoms with Crippen molar-refractivity contribution < 1.29 is 29.0 Å². The smallest absolute Gasteiger partial charge is 0.414 e. The third kappa shape index (κ3) is 9.33. The Kier molecular flexibility index (Phi) is 11.1. The standard InChI is InChI=1S/C33H30IN3O6/c34-23-19-20-28(38)25(21-23)31(43-33(41)37-32(40)22-11-3-1-4-12-22)29(42-24-13-5-2-6-14-24)17-9-10-18-30(39)36-27-16-8-7-15-26(27)35/h1-8,10-16,18-21,29,31,38H,9,17,35H2,(H,36,39)(H,37,40,41)/b18-10+/t29-,31-/m0/s1. The van der Waals surface area contributed by atoms with Gasteiger partial charge in [0, 0.05) is 14.7 Å². The number of carbonyl (C=O) groups is 3. The fraction of sp³-hybridized carbons (Fsp3) is 0.121. The van der Waals surface area contributed by atoms with Crippen LogP contribution in [0.3, 0.4) is 0 Å². The van der Waals surface area contributed by atoms with Crippen molar-refractivity contribution >= 4 is 51.9 Å². The lowest BCUT2D eigenvalue weighted by Gasteiger charge is -2.28. The number of carbonyl (C=O) groups excluding carboxylic acids is 3. The first kappa shape index (κ1) is 31.1. The minimum absolute atomic E-state index is 0.107. The van der Waals surface area contributed by atoms with Crippen LogP contribution in [0.4, 0.5) is 16.2 Å². The van der Waals surface area contributed by atoms with E-state index in [-0.39, 0.29) is 23.6 Å². The van der Waals surface area contributed by atoms with E-state index in [2.05, 4.69) is 33.2 Å². The topological polar surface area (TPSA) is 140 Å². The summed E-state index contributed by atoms with van der Waals surface area (Å²) in [4.78, 5) is 38.1. The Hall–Kier alpha value is -4.84. The van der Waals surface area contributed by atoms with Gasteiger partial charge in [-0.15, -0.1) is 0 Å². The van der Waals surface area contributed by atoms with Crippen molar-refractivity contribution in [2.45, 2.75) is 25.0 Å². The fourth-order valence-corrected chi connectivity index (χ4v) is 4.69. The van der Waals surface area contributed by atoms with Gasteiger partial charge in [0.2, 0.25) is 5.91 Å². The molecule has 9 nitrogen and oxygen atoms in total. The number of halogens is 1. The largest absolute Gasteiger partial charge is 0.508 e. The molecule has 0 aliphatic carbocycles. The van der Waals surface area contributed by atoms with Gasteiger partial charge in [0.05, 0.1) is 11.4 Å². The normalized spacial score (nSPS) is 12.2. The van der Waals surface area contributed by atoms with Crippen molar-refractivity contribution in [3.8, 4) is 11.5 Å². The lowest BCUT2D eigenvalue weighted by Crippen LogP contribution is -2.36. The molecule has 3 amide bonds. The van der Waals surface area contributed by atoms with Gasteiger partial charge in [0.25, 0.3) is 5.91 Å². The number of imide groups is 1. The lowest BCUT2D eigenvalue weighted by molar-refractivity contribution is -0.111. The predicted molar refractivity (Wildman–Crippen MR) is 173 cm³/mol. The Morgan fingerprint density at radius 3 is 2.30 bits per heavy atom. The molecule has 0 heterocycles. The minimum atomic E-state index is -1.12. The van der Waals surface area contributed by atoms with Gasteiger partial charge in [-0.25, -0.2) is 4.79 Å². The van der Waals surface area contributed by atoms with Crippen LogP contribution in [0.1, 0.15) is 34.9 Å². The van der Waals surface area contributed by atoms with Gasteiger partial charge >= 0.3 is 6.09 Å². The number of ether oxygens (including phenoxy) is 2. The highest BCUT2D eigenvalue weighted by molar-refractivity contribution is 14.1. The molecular formula is C33H30IN3O6. The van der Waals surface area contributed by atoms with Gasteiger partial charge < -0.3 is 25.6 Å². The molecule has 0 saturated carbocycles. The highest BCUT2D eigenvalue weighted by Crippen LogP contribution is 2.35. The number of nitrogens with two attached hydrogens (primary N) is 1. The van der Waals surface area contributed by atoms with Crippen LogP contribution in [0, 0.1) is 3.57 Å². The van der Waals surface area contributed by atoms with E-state index in [0.29, 0.717) is 29.1 Å². The van der Waals surface area contributed by atoms with E-state index in [1.807, 2.05) is 6.07 Å². The lowest BCUT2D eigenvalue weighted by atomic mass is 9.99. The minimum Gasteiger partial charge on any atom is -0.508 e. The second-order valence-electron chi connectivity index (χ2n) is 9.37. The van der Waals surface area contributed by atoms with Gasteiger partial charge in [-0.05, 0) is 96.1 Å². The summed E-state index contributed by atoms with van der Waals surface area (Å²) >= 11 is 2.09. The maximum atomic E-state index is 13.0. The summed E-state index contributed by atoms with van der Waals surface area (Å²) in [6.45, 7) is 0. The van der Waals surface area contributed by atoms with Crippen molar-refractivity contribution in [3.05, 3.63) is 130 Å². The average molecular weight is 692 g/mol. The van der Waals surface area contributed by atoms with Crippen molar-refractivity contribution in [1.82, 2.24) is 5.32 Å². The van der Waals surface area contributed by atoms with Crippen LogP contribution in [-0.4, -0.2) is 29.1 Å². The molecule has 0 unspecified atom stereocenters. The number of allylic oxidation sites excluding steroid dienone is 1. The summed E-state index contributed by atoms with van der Waals surface area (Å²) in [6, 6.07) is 29.0. The zero-order chi connectivity index (χ0) is 30.6. The number of alkyl carbamates (subject to hydrolysis) is 1. The number of hydrogen-bond acceptors (Lipinski definition) is 7. The third-order valence-corrected chi connectivity index (χ3v) is 6.93. The second kappa shape index (κ2) is 15.4. The predicted octanol–water partition coefficient (Wildman–Crippen LogP) is 6.61. The molecular weight excluding hydrogens is 661 g/mol. The molecule has 0 aliphatic heterocycles. The highest BCUT2D eigenvalue weighted by atomic mass is 127. The van der Waals surface area contributed by atoms with Crippen LogP contribution in [0.2, 0.25) is 0 Å². The summed E-state index contributed by atoms with van der Waals surface area (Å²) < 4.78 is 12.9. The molecule has 5 N–H and O–H groups in total. The summed E-state index contributed by atoms with van der Waals surface area (Å²) in [5, 5.41) is 15.8. The number of hydrogen-bond donors (Lipinski definition) is 4. The van der Waals surface area contributed by atoms with Crippen LogP contribution in [0.5, 0.6) is 11.5 Å². The first-order chi connectivity index (χ1) is 20.8. The van der Waals surface area contributed by atoms with Crippen LogP contribution in [0.15, 0.2) is 115 Å². The molecule has 0 bridgehead atoms. The molecule has 4 rings (SSSR count). The van der Waals surface area contributed by atoms with Gasteiger partial charge in [-0.2, -0.15) is 0 Å². The zero-order valence-corrected chi connectivity index (χ0v) is 25.1. The van der Waals surface area contributed by atoms with E-state index in [1.54, 1.807) is 97.1 Å². The number of nitrogen functional groups attached to an aromatic ring is 1. The Bertz CT molecular complexity index is 1580. The van der Waals surface area contributed by atoms with Crippen molar-refractivity contribution in [2.75, 3.05) is 11.1 Å². The van der Waals surface area contributed by atoms with Crippen LogP contribution < -0.4 is 21.1 Å². The Labute approximate surface area is 262 Å². The molecule has 0 aromatic heterocycles. The van der Waals surface area contributed by atoms with Crippen molar-refractivity contribution in [2.24, 2.45) is 0 Å². The maximum absolute atomic E-state index is 13.0. The second-order valence-corrected chi connectivity index (χ2v) is 10.6. The van der Waals surface area contributed by atoms with E-state index in [0.717, 1.165) is 3.57 Å². The van der Waals surface area contributed by atoms with Gasteiger partial charge in [0.15, 0.2) is 6.10 Å². The number of amides is 3. The Balaban J connectivity index is 1.56. The Morgan fingerprint density at radius 2 is 1.58 bits per heavy atom. The molecule has 43 heavy (non-hydrogen) atoms. The summed E-state index contributed by atoms with van der Waals surface area (Å²) in [6.07, 6.45) is 0.739. The number of phenolic OH excluding ortho intramolecular Hbond substituents is 1. The quantitative estimate of drug-likeness (QED) is 0.0789. The van der Waals surface area contributed by atoms with Crippen LogP contribution in [0.25, 0.3) is 0 Å². The van der Waals surface area contributed by atoms with E-state index in [1.165, 1.54) is 12.1 Å². The monoisotopic (exact) mass is 691 g/mol. The highest BCUT2D eigenvalue weighted by Gasteiger charge is 2.32. The van der Waals surface area contributed by atoms with Crippen molar-refractivity contribution in [1.29, 1.82) is 0 Å². The number of benzene rings is 4. The summed E-state index contributed by atoms with van der Waals surface area (Å²) in [5.74, 6) is -0.595. The SMILES string of the molecule is Nc1ccccc1NC(=O)/C=C/CC[C@H](Oc1ccccc1)[C@@H](OC(=O)NC(=O)c1ccccc1)c1cc(I)ccc1O.